The van der Waals surface area contributed by atoms with Crippen molar-refractivity contribution < 1.29 is 9.53 Å². The number of thioether (sulfide) groups is 1. The van der Waals surface area contributed by atoms with Crippen LogP contribution >= 0.6 is 11.8 Å². The SMILES string of the molecule is COc1ccccc1-n1nnnc1SCC(=O)NC(C)c1ccc2ccccc2c1. The van der Waals surface area contributed by atoms with Gasteiger partial charge in [0.25, 0.3) is 0 Å². The summed E-state index contributed by atoms with van der Waals surface area (Å²) < 4.78 is 6.95. The van der Waals surface area contributed by atoms with Crippen LogP contribution in [0.15, 0.2) is 71.9 Å². The molecule has 7 nitrogen and oxygen atoms in total. The number of ether oxygens (including phenoxy) is 1. The van der Waals surface area contributed by atoms with Gasteiger partial charge in [0, 0.05) is 0 Å². The number of fused-ring (bicyclic) bond motifs is 1. The zero-order valence-electron chi connectivity index (χ0n) is 16.6. The Bertz CT molecular complexity index is 1180. The molecular weight excluding hydrogens is 398 g/mol. The van der Waals surface area contributed by atoms with Crippen LogP contribution in [0.5, 0.6) is 5.75 Å². The zero-order chi connectivity index (χ0) is 20.9. The van der Waals surface area contributed by atoms with Crippen molar-refractivity contribution in [3.8, 4) is 11.4 Å². The van der Waals surface area contributed by atoms with Crippen LogP contribution in [0, 0.1) is 0 Å². The van der Waals surface area contributed by atoms with Crippen LogP contribution in [0.1, 0.15) is 18.5 Å². The minimum Gasteiger partial charge on any atom is -0.494 e. The summed E-state index contributed by atoms with van der Waals surface area (Å²) in [6.07, 6.45) is 0. The first-order chi connectivity index (χ1) is 14.7. The molecule has 0 radical (unpaired) electrons. The highest BCUT2D eigenvalue weighted by Gasteiger charge is 2.16. The number of carbonyl (C=O) groups is 1. The van der Waals surface area contributed by atoms with Crippen LogP contribution in [0.2, 0.25) is 0 Å². The standard InChI is InChI=1S/C22H21N5O2S/c1-15(17-12-11-16-7-3-4-8-18(16)13-17)23-21(28)14-30-22-24-25-26-27(22)19-9-5-6-10-20(19)29-2/h3-13,15H,14H2,1-2H3,(H,23,28). The molecule has 152 valence electrons. The van der Waals surface area contributed by atoms with Gasteiger partial charge in [-0.2, -0.15) is 4.68 Å². The van der Waals surface area contributed by atoms with Crippen LogP contribution in [0.25, 0.3) is 16.5 Å². The molecule has 0 aliphatic carbocycles. The highest BCUT2D eigenvalue weighted by atomic mass is 32.2. The number of aromatic nitrogens is 4. The van der Waals surface area contributed by atoms with Crippen molar-refractivity contribution in [2.75, 3.05) is 12.9 Å². The molecule has 1 unspecified atom stereocenters. The summed E-state index contributed by atoms with van der Waals surface area (Å²) in [5, 5.41) is 17.7. The van der Waals surface area contributed by atoms with Gasteiger partial charge in [-0.3, -0.25) is 4.79 Å². The smallest absolute Gasteiger partial charge is 0.230 e. The van der Waals surface area contributed by atoms with Crippen LogP contribution in [-0.2, 0) is 4.79 Å². The molecule has 0 saturated carbocycles. The van der Waals surface area contributed by atoms with Crippen LogP contribution < -0.4 is 10.1 Å². The molecule has 1 N–H and O–H groups in total. The fraction of sp³-hybridized carbons (Fsp3) is 0.182. The van der Waals surface area contributed by atoms with Gasteiger partial charge in [0.2, 0.25) is 11.1 Å². The molecule has 0 fully saturated rings. The maximum absolute atomic E-state index is 12.5. The number of rotatable bonds is 7. The van der Waals surface area contributed by atoms with E-state index in [4.69, 9.17) is 4.74 Å². The monoisotopic (exact) mass is 419 g/mol. The molecule has 1 atom stereocenters. The van der Waals surface area contributed by atoms with Gasteiger partial charge < -0.3 is 10.1 Å². The highest BCUT2D eigenvalue weighted by molar-refractivity contribution is 7.99. The first-order valence-electron chi connectivity index (χ1n) is 9.48. The molecule has 1 aromatic heterocycles. The minimum absolute atomic E-state index is 0.0877. The Labute approximate surface area is 178 Å². The molecule has 0 bridgehead atoms. The largest absolute Gasteiger partial charge is 0.494 e. The first kappa shape index (κ1) is 19.9. The number of nitrogens with one attached hydrogen (secondary N) is 1. The number of benzene rings is 3. The van der Waals surface area contributed by atoms with Crippen molar-refractivity contribution in [3.63, 3.8) is 0 Å². The summed E-state index contributed by atoms with van der Waals surface area (Å²) in [7, 11) is 1.59. The van der Waals surface area contributed by atoms with Gasteiger partial charge in [-0.25, -0.2) is 0 Å². The van der Waals surface area contributed by atoms with Crippen molar-refractivity contribution in [2.45, 2.75) is 18.1 Å². The van der Waals surface area contributed by atoms with Gasteiger partial charge in [-0.1, -0.05) is 60.3 Å². The van der Waals surface area contributed by atoms with Crippen LogP contribution in [0.3, 0.4) is 0 Å². The van der Waals surface area contributed by atoms with E-state index in [0.717, 1.165) is 16.6 Å². The van der Waals surface area contributed by atoms with Crippen LogP contribution in [-0.4, -0.2) is 39.0 Å². The van der Waals surface area contributed by atoms with Gasteiger partial charge in [-0.05, 0) is 51.9 Å². The molecule has 4 aromatic rings. The first-order valence-corrected chi connectivity index (χ1v) is 10.5. The quantitative estimate of drug-likeness (QED) is 0.459. The third-order valence-corrected chi connectivity index (χ3v) is 5.66. The third kappa shape index (κ3) is 4.28. The average molecular weight is 420 g/mol. The van der Waals surface area contributed by atoms with Gasteiger partial charge in [0.05, 0.1) is 18.9 Å². The van der Waals surface area contributed by atoms with Gasteiger partial charge in [0.1, 0.15) is 11.4 Å². The van der Waals surface area contributed by atoms with Crippen molar-refractivity contribution >= 4 is 28.4 Å². The molecular formula is C22H21N5O2S. The third-order valence-electron chi connectivity index (χ3n) is 4.74. The average Bonchev–Trinajstić information content (AvgIpc) is 3.25. The van der Waals surface area contributed by atoms with E-state index in [1.54, 1.807) is 11.8 Å². The maximum atomic E-state index is 12.5. The van der Waals surface area contributed by atoms with E-state index in [1.165, 1.54) is 17.1 Å². The summed E-state index contributed by atoms with van der Waals surface area (Å²) in [4.78, 5) is 12.5. The molecule has 4 rings (SSSR count). The molecule has 1 heterocycles. The number of hydrogen-bond donors (Lipinski definition) is 1. The number of carbonyl (C=O) groups excluding carboxylic acids is 1. The Morgan fingerprint density at radius 3 is 2.70 bits per heavy atom. The Kier molecular flexibility index (Phi) is 5.94. The molecule has 0 saturated heterocycles. The second kappa shape index (κ2) is 8.96. The van der Waals surface area contributed by atoms with Crippen molar-refractivity contribution in [3.05, 3.63) is 72.3 Å². The highest BCUT2D eigenvalue weighted by Crippen LogP contribution is 2.26. The van der Waals surface area contributed by atoms with Gasteiger partial charge >= 0.3 is 0 Å². The number of tetrazole rings is 1. The molecule has 8 heteroatoms. The maximum Gasteiger partial charge on any atom is 0.230 e. The van der Waals surface area contributed by atoms with E-state index in [2.05, 4.69) is 45.1 Å². The van der Waals surface area contributed by atoms with E-state index < -0.39 is 0 Å². The summed E-state index contributed by atoms with van der Waals surface area (Å²) in [5.74, 6) is 0.768. The summed E-state index contributed by atoms with van der Waals surface area (Å²) >= 11 is 1.27. The van der Waals surface area contributed by atoms with Crippen molar-refractivity contribution in [2.24, 2.45) is 0 Å². The van der Waals surface area contributed by atoms with E-state index in [1.807, 2.05) is 49.4 Å². The normalized spacial score (nSPS) is 11.9. The van der Waals surface area contributed by atoms with E-state index >= 15 is 0 Å². The van der Waals surface area contributed by atoms with Crippen molar-refractivity contribution in [1.29, 1.82) is 0 Å². The number of para-hydroxylation sites is 2. The summed E-state index contributed by atoms with van der Waals surface area (Å²) in [5.41, 5.74) is 1.78. The van der Waals surface area contributed by atoms with E-state index in [-0.39, 0.29) is 17.7 Å². The molecule has 30 heavy (non-hydrogen) atoms. The number of methoxy groups -OCH3 is 1. The van der Waals surface area contributed by atoms with E-state index in [0.29, 0.717) is 10.9 Å². The lowest BCUT2D eigenvalue weighted by atomic mass is 10.0. The predicted molar refractivity (Wildman–Crippen MR) is 117 cm³/mol. The predicted octanol–water partition coefficient (Wildman–Crippen LogP) is 3.79. The van der Waals surface area contributed by atoms with Gasteiger partial charge in [0.15, 0.2) is 0 Å². The topological polar surface area (TPSA) is 81.9 Å². The fourth-order valence-electron chi connectivity index (χ4n) is 3.20. The van der Waals surface area contributed by atoms with Crippen molar-refractivity contribution in [1.82, 2.24) is 25.5 Å². The lowest BCUT2D eigenvalue weighted by molar-refractivity contribution is -0.119. The second-order valence-corrected chi connectivity index (χ2v) is 7.67. The number of hydrogen-bond acceptors (Lipinski definition) is 6. The lowest BCUT2D eigenvalue weighted by Gasteiger charge is -2.15. The molecule has 1 amide bonds. The zero-order valence-corrected chi connectivity index (χ0v) is 17.5. The molecule has 3 aromatic carbocycles. The van der Waals surface area contributed by atoms with E-state index in [9.17, 15) is 4.79 Å². The number of amides is 1. The molecule has 0 aliphatic heterocycles. The van der Waals surface area contributed by atoms with Crippen LogP contribution in [0.4, 0.5) is 0 Å². The second-order valence-electron chi connectivity index (χ2n) is 6.73. The lowest BCUT2D eigenvalue weighted by Crippen LogP contribution is -2.28. The Morgan fingerprint density at radius 1 is 1.10 bits per heavy atom. The fourth-order valence-corrected chi connectivity index (χ4v) is 3.89. The Balaban J connectivity index is 1.41. The Hall–Kier alpha value is -3.39. The van der Waals surface area contributed by atoms with Gasteiger partial charge in [-0.15, -0.1) is 5.10 Å². The minimum atomic E-state index is -0.104. The number of nitrogens with zero attached hydrogens (tertiary/aromatic N) is 4. The molecule has 0 spiro atoms. The summed E-state index contributed by atoms with van der Waals surface area (Å²) in [6.45, 7) is 1.98. The molecule has 0 aliphatic rings. The Morgan fingerprint density at radius 2 is 1.87 bits per heavy atom. The summed E-state index contributed by atoms with van der Waals surface area (Å²) in [6, 6.07) is 21.7.